The molecule has 6 nitrogen and oxygen atoms in total. The fourth-order valence-electron chi connectivity index (χ4n) is 3.07. The van der Waals surface area contributed by atoms with Gasteiger partial charge in [0.2, 0.25) is 0 Å². The summed E-state index contributed by atoms with van der Waals surface area (Å²) >= 11 is 1.59. The summed E-state index contributed by atoms with van der Waals surface area (Å²) in [4.78, 5) is 28.2. The summed E-state index contributed by atoms with van der Waals surface area (Å²) in [6.07, 6.45) is 5.80. The molecule has 0 spiro atoms. The standard InChI is InChI=1S/C18H17N3O3S/c22-17(15-10-11-5-2-1-3-8-14(11)25-15)19-13-7-4-6-12(9-13)16-20-18(23)24-21-16/h4,6-7,9-10H,1-3,5,8H2,(H,19,22)(H,20,21,23). The molecule has 0 fully saturated rings. The third-order valence-corrected chi connectivity index (χ3v) is 5.54. The number of hydrogen-bond donors (Lipinski definition) is 2. The number of rotatable bonds is 3. The summed E-state index contributed by atoms with van der Waals surface area (Å²) in [5, 5.41) is 6.58. The lowest BCUT2D eigenvalue weighted by molar-refractivity contribution is 0.103. The topological polar surface area (TPSA) is 88.0 Å². The molecule has 0 saturated carbocycles. The van der Waals surface area contributed by atoms with Crippen LogP contribution in [0.1, 0.15) is 39.4 Å². The van der Waals surface area contributed by atoms with Crippen molar-refractivity contribution < 1.29 is 9.32 Å². The first-order chi connectivity index (χ1) is 12.2. The molecule has 3 aromatic rings. The van der Waals surface area contributed by atoms with Gasteiger partial charge in [-0.15, -0.1) is 11.3 Å². The highest BCUT2D eigenvalue weighted by Gasteiger charge is 2.17. The smallest absolute Gasteiger partial charge is 0.321 e. The number of aromatic amines is 1. The Kier molecular flexibility index (Phi) is 4.23. The number of benzene rings is 1. The summed E-state index contributed by atoms with van der Waals surface area (Å²) in [5.41, 5.74) is 2.64. The van der Waals surface area contributed by atoms with E-state index in [0.29, 0.717) is 17.1 Å². The van der Waals surface area contributed by atoms with E-state index in [1.807, 2.05) is 6.07 Å². The lowest BCUT2D eigenvalue weighted by Gasteiger charge is -2.05. The van der Waals surface area contributed by atoms with Gasteiger partial charge >= 0.3 is 5.76 Å². The Labute approximate surface area is 147 Å². The molecule has 2 heterocycles. The number of hydrogen-bond acceptors (Lipinski definition) is 5. The molecule has 128 valence electrons. The van der Waals surface area contributed by atoms with E-state index in [0.717, 1.165) is 17.7 Å². The molecule has 25 heavy (non-hydrogen) atoms. The van der Waals surface area contributed by atoms with Gasteiger partial charge in [-0.2, -0.15) is 0 Å². The van der Waals surface area contributed by atoms with Crippen LogP contribution in [0.4, 0.5) is 5.69 Å². The van der Waals surface area contributed by atoms with Crippen molar-refractivity contribution in [1.29, 1.82) is 0 Å². The highest BCUT2D eigenvalue weighted by atomic mass is 32.1. The Balaban J connectivity index is 1.54. The minimum Gasteiger partial charge on any atom is -0.321 e. The lowest BCUT2D eigenvalue weighted by atomic mass is 10.1. The second-order valence-corrected chi connectivity index (χ2v) is 7.24. The number of nitrogens with zero attached hydrogens (tertiary/aromatic N) is 1. The summed E-state index contributed by atoms with van der Waals surface area (Å²) in [7, 11) is 0. The molecular weight excluding hydrogens is 338 g/mol. The minimum atomic E-state index is -0.607. The molecule has 1 aliphatic rings. The van der Waals surface area contributed by atoms with E-state index in [1.54, 1.807) is 35.6 Å². The van der Waals surface area contributed by atoms with Crippen molar-refractivity contribution in [1.82, 2.24) is 10.1 Å². The Morgan fingerprint density at radius 1 is 1.20 bits per heavy atom. The first-order valence-electron chi connectivity index (χ1n) is 8.28. The maximum Gasteiger partial charge on any atom is 0.439 e. The van der Waals surface area contributed by atoms with Gasteiger partial charge in [0.15, 0.2) is 5.82 Å². The van der Waals surface area contributed by atoms with Crippen LogP contribution in [-0.4, -0.2) is 16.0 Å². The number of thiophene rings is 1. The summed E-state index contributed by atoms with van der Waals surface area (Å²) < 4.78 is 4.52. The van der Waals surface area contributed by atoms with E-state index >= 15 is 0 Å². The maximum atomic E-state index is 12.6. The number of nitrogens with one attached hydrogen (secondary N) is 2. The second-order valence-electron chi connectivity index (χ2n) is 6.10. The van der Waals surface area contributed by atoms with E-state index in [9.17, 15) is 9.59 Å². The van der Waals surface area contributed by atoms with Crippen LogP contribution < -0.4 is 11.1 Å². The number of carbonyl (C=O) groups excluding carboxylic acids is 1. The highest BCUT2D eigenvalue weighted by Crippen LogP contribution is 2.29. The molecule has 7 heteroatoms. The van der Waals surface area contributed by atoms with Crippen molar-refractivity contribution in [2.45, 2.75) is 32.1 Å². The van der Waals surface area contributed by atoms with Gasteiger partial charge in [0.25, 0.3) is 5.91 Å². The maximum absolute atomic E-state index is 12.6. The van der Waals surface area contributed by atoms with Crippen LogP contribution in [0, 0.1) is 0 Å². The van der Waals surface area contributed by atoms with Gasteiger partial charge in [-0.05, 0) is 49.4 Å². The van der Waals surface area contributed by atoms with Crippen molar-refractivity contribution >= 4 is 22.9 Å². The molecule has 4 rings (SSSR count). The SMILES string of the molecule is O=C(Nc1cccc(-c2noc(=O)[nH]2)c1)c1cc2c(s1)CCCCC2. The van der Waals surface area contributed by atoms with E-state index in [-0.39, 0.29) is 5.91 Å². The van der Waals surface area contributed by atoms with Crippen LogP contribution in [0.15, 0.2) is 39.6 Å². The van der Waals surface area contributed by atoms with Gasteiger partial charge in [0.05, 0.1) is 4.88 Å². The number of amides is 1. The Morgan fingerprint density at radius 2 is 2.08 bits per heavy atom. The average Bonchev–Trinajstić information content (AvgIpc) is 3.16. The Hall–Kier alpha value is -2.67. The number of carbonyl (C=O) groups is 1. The highest BCUT2D eigenvalue weighted by molar-refractivity contribution is 7.14. The van der Waals surface area contributed by atoms with Crippen LogP contribution in [0.25, 0.3) is 11.4 Å². The van der Waals surface area contributed by atoms with E-state index in [1.165, 1.54) is 29.7 Å². The molecule has 0 unspecified atom stereocenters. The van der Waals surface area contributed by atoms with Gasteiger partial charge in [0, 0.05) is 16.1 Å². The van der Waals surface area contributed by atoms with Gasteiger partial charge in [-0.3, -0.25) is 14.3 Å². The third kappa shape index (κ3) is 3.41. The summed E-state index contributed by atoms with van der Waals surface area (Å²) in [6.45, 7) is 0. The zero-order valence-corrected chi connectivity index (χ0v) is 14.3. The van der Waals surface area contributed by atoms with Crippen LogP contribution in [0.2, 0.25) is 0 Å². The van der Waals surface area contributed by atoms with Crippen molar-refractivity contribution in [3.8, 4) is 11.4 Å². The zero-order valence-electron chi connectivity index (χ0n) is 13.5. The predicted molar refractivity (Wildman–Crippen MR) is 96.1 cm³/mol. The van der Waals surface area contributed by atoms with E-state index in [2.05, 4.69) is 20.0 Å². The molecule has 2 N–H and O–H groups in total. The van der Waals surface area contributed by atoms with Crippen molar-refractivity contribution in [3.05, 3.63) is 56.2 Å². The normalized spacial score (nSPS) is 13.9. The predicted octanol–water partition coefficient (Wildman–Crippen LogP) is 3.61. The first kappa shape index (κ1) is 15.8. The molecule has 0 atom stereocenters. The fraction of sp³-hybridized carbons (Fsp3) is 0.278. The molecule has 0 bridgehead atoms. The number of aromatic nitrogens is 2. The van der Waals surface area contributed by atoms with Gasteiger partial charge in [-0.25, -0.2) is 4.79 Å². The first-order valence-corrected chi connectivity index (χ1v) is 9.10. The van der Waals surface area contributed by atoms with E-state index < -0.39 is 5.76 Å². The molecule has 0 aliphatic heterocycles. The van der Waals surface area contributed by atoms with Crippen LogP contribution >= 0.6 is 11.3 Å². The van der Waals surface area contributed by atoms with E-state index in [4.69, 9.17) is 0 Å². The largest absolute Gasteiger partial charge is 0.439 e. The number of anilines is 1. The molecule has 2 aromatic heterocycles. The summed E-state index contributed by atoms with van der Waals surface area (Å²) in [6, 6.07) is 9.17. The zero-order chi connectivity index (χ0) is 17.2. The van der Waals surface area contributed by atoms with Crippen molar-refractivity contribution in [3.63, 3.8) is 0 Å². The number of H-pyrrole nitrogens is 1. The quantitative estimate of drug-likeness (QED) is 0.703. The monoisotopic (exact) mass is 355 g/mol. The van der Waals surface area contributed by atoms with Crippen LogP contribution in [-0.2, 0) is 12.8 Å². The number of aryl methyl sites for hydroxylation is 2. The van der Waals surface area contributed by atoms with Crippen LogP contribution in [0.3, 0.4) is 0 Å². The molecule has 1 aliphatic carbocycles. The summed E-state index contributed by atoms with van der Waals surface area (Å²) in [5.74, 6) is -0.377. The molecule has 1 amide bonds. The van der Waals surface area contributed by atoms with Crippen molar-refractivity contribution in [2.75, 3.05) is 5.32 Å². The molecule has 0 radical (unpaired) electrons. The van der Waals surface area contributed by atoms with Gasteiger partial charge < -0.3 is 5.32 Å². The second kappa shape index (κ2) is 6.68. The lowest BCUT2D eigenvalue weighted by Crippen LogP contribution is -2.10. The van der Waals surface area contributed by atoms with Gasteiger partial charge in [0.1, 0.15) is 0 Å². The molecule has 1 aromatic carbocycles. The number of fused-ring (bicyclic) bond motifs is 1. The van der Waals surface area contributed by atoms with Gasteiger partial charge in [-0.1, -0.05) is 23.7 Å². The fourth-order valence-corrected chi connectivity index (χ4v) is 4.22. The minimum absolute atomic E-state index is 0.108. The molecular formula is C18H17N3O3S. The van der Waals surface area contributed by atoms with Crippen LogP contribution in [0.5, 0.6) is 0 Å². The Bertz CT molecular complexity index is 946. The molecule has 0 saturated heterocycles. The van der Waals surface area contributed by atoms with Crippen molar-refractivity contribution in [2.24, 2.45) is 0 Å². The average molecular weight is 355 g/mol. The Morgan fingerprint density at radius 3 is 2.92 bits per heavy atom. The third-order valence-electron chi connectivity index (χ3n) is 4.30.